The SMILES string of the molecule is CCCCNC(=O)NC1(C)C=C(C)C=CC1. The molecule has 0 aromatic rings. The van der Waals surface area contributed by atoms with Crippen molar-refractivity contribution < 1.29 is 4.79 Å². The van der Waals surface area contributed by atoms with Crippen molar-refractivity contribution >= 4 is 6.03 Å². The topological polar surface area (TPSA) is 41.1 Å². The number of hydrogen-bond donors (Lipinski definition) is 2. The maximum absolute atomic E-state index is 11.6. The van der Waals surface area contributed by atoms with Gasteiger partial charge in [0.1, 0.15) is 0 Å². The van der Waals surface area contributed by atoms with E-state index in [1.807, 2.05) is 13.8 Å². The number of allylic oxidation sites excluding steroid dienone is 2. The predicted molar refractivity (Wildman–Crippen MR) is 67.4 cm³/mol. The van der Waals surface area contributed by atoms with Gasteiger partial charge in [-0.1, -0.05) is 37.1 Å². The highest BCUT2D eigenvalue weighted by molar-refractivity contribution is 5.75. The summed E-state index contributed by atoms with van der Waals surface area (Å²) >= 11 is 0. The average molecular weight is 222 g/mol. The van der Waals surface area contributed by atoms with Gasteiger partial charge in [-0.3, -0.25) is 0 Å². The van der Waals surface area contributed by atoms with Crippen molar-refractivity contribution in [3.8, 4) is 0 Å². The standard InChI is InChI=1S/C13H22N2O/c1-4-5-9-14-12(16)15-13(3)8-6-7-11(2)10-13/h6-7,10H,4-5,8-9H2,1-3H3,(H2,14,15,16). The zero-order valence-corrected chi connectivity index (χ0v) is 10.5. The highest BCUT2D eigenvalue weighted by Crippen LogP contribution is 2.20. The van der Waals surface area contributed by atoms with Gasteiger partial charge in [0.2, 0.25) is 0 Å². The molecule has 1 unspecified atom stereocenters. The van der Waals surface area contributed by atoms with E-state index in [-0.39, 0.29) is 11.6 Å². The number of amides is 2. The van der Waals surface area contributed by atoms with Gasteiger partial charge in [-0.25, -0.2) is 4.79 Å². The first-order valence-corrected chi connectivity index (χ1v) is 5.98. The molecule has 0 radical (unpaired) electrons. The molecule has 1 rings (SSSR count). The Hall–Kier alpha value is -1.25. The molecule has 90 valence electrons. The van der Waals surface area contributed by atoms with Gasteiger partial charge in [0, 0.05) is 6.54 Å². The average Bonchev–Trinajstić information content (AvgIpc) is 2.16. The lowest BCUT2D eigenvalue weighted by atomic mass is 9.90. The van der Waals surface area contributed by atoms with Crippen LogP contribution in [0.25, 0.3) is 0 Å². The third-order valence-electron chi connectivity index (χ3n) is 2.68. The largest absolute Gasteiger partial charge is 0.338 e. The molecule has 0 saturated heterocycles. The molecule has 2 N–H and O–H groups in total. The van der Waals surface area contributed by atoms with Crippen LogP contribution in [-0.2, 0) is 0 Å². The molecule has 0 aliphatic heterocycles. The molecule has 2 amide bonds. The molecule has 0 fully saturated rings. The Labute approximate surface area is 98.0 Å². The van der Waals surface area contributed by atoms with E-state index in [4.69, 9.17) is 0 Å². The lowest BCUT2D eigenvalue weighted by Gasteiger charge is -2.29. The van der Waals surface area contributed by atoms with Gasteiger partial charge < -0.3 is 10.6 Å². The Morgan fingerprint density at radius 3 is 2.94 bits per heavy atom. The summed E-state index contributed by atoms with van der Waals surface area (Å²) in [6, 6.07) is -0.0738. The van der Waals surface area contributed by atoms with Crippen molar-refractivity contribution in [2.45, 2.75) is 45.6 Å². The van der Waals surface area contributed by atoms with E-state index in [9.17, 15) is 4.79 Å². The second-order valence-corrected chi connectivity index (χ2v) is 4.65. The highest BCUT2D eigenvalue weighted by Gasteiger charge is 2.23. The van der Waals surface area contributed by atoms with Gasteiger partial charge >= 0.3 is 6.03 Å². The summed E-state index contributed by atoms with van der Waals surface area (Å²) in [6.07, 6.45) is 9.26. The lowest BCUT2D eigenvalue weighted by molar-refractivity contribution is 0.232. The van der Waals surface area contributed by atoms with Gasteiger partial charge in [0.15, 0.2) is 0 Å². The van der Waals surface area contributed by atoms with Crippen molar-refractivity contribution in [3.63, 3.8) is 0 Å². The molecule has 1 aliphatic carbocycles. The Balaban J connectivity index is 2.41. The summed E-state index contributed by atoms with van der Waals surface area (Å²) in [4.78, 5) is 11.6. The van der Waals surface area contributed by atoms with Crippen LogP contribution in [0, 0.1) is 0 Å². The number of nitrogens with one attached hydrogen (secondary N) is 2. The quantitative estimate of drug-likeness (QED) is 0.706. The number of carbonyl (C=O) groups excluding carboxylic acids is 1. The van der Waals surface area contributed by atoms with Gasteiger partial charge in [0.25, 0.3) is 0 Å². The second kappa shape index (κ2) is 5.73. The minimum Gasteiger partial charge on any atom is -0.338 e. The van der Waals surface area contributed by atoms with Gasteiger partial charge in [-0.05, 0) is 26.7 Å². The zero-order chi connectivity index (χ0) is 12.0. The Bertz CT molecular complexity index is 307. The molecule has 0 saturated carbocycles. The van der Waals surface area contributed by atoms with E-state index in [2.05, 4.69) is 35.8 Å². The molecular weight excluding hydrogens is 200 g/mol. The third-order valence-corrected chi connectivity index (χ3v) is 2.68. The summed E-state index contributed by atoms with van der Waals surface area (Å²) in [5.74, 6) is 0. The molecule has 0 aromatic carbocycles. The Morgan fingerprint density at radius 2 is 2.31 bits per heavy atom. The molecule has 0 heterocycles. The molecular formula is C13H22N2O. The van der Waals surface area contributed by atoms with Crippen molar-refractivity contribution in [1.82, 2.24) is 10.6 Å². The zero-order valence-electron chi connectivity index (χ0n) is 10.5. The molecule has 0 bridgehead atoms. The van der Waals surface area contributed by atoms with E-state index >= 15 is 0 Å². The fraction of sp³-hybridized carbons (Fsp3) is 0.615. The molecule has 3 heteroatoms. The molecule has 1 atom stereocenters. The van der Waals surface area contributed by atoms with Crippen molar-refractivity contribution in [1.29, 1.82) is 0 Å². The van der Waals surface area contributed by atoms with Crippen LogP contribution in [0.2, 0.25) is 0 Å². The fourth-order valence-corrected chi connectivity index (χ4v) is 1.87. The van der Waals surface area contributed by atoms with Gasteiger partial charge in [-0.2, -0.15) is 0 Å². The number of rotatable bonds is 4. The minimum atomic E-state index is -0.241. The smallest absolute Gasteiger partial charge is 0.315 e. The molecule has 16 heavy (non-hydrogen) atoms. The van der Waals surface area contributed by atoms with Crippen molar-refractivity contribution in [2.24, 2.45) is 0 Å². The van der Waals surface area contributed by atoms with E-state index in [1.54, 1.807) is 0 Å². The van der Waals surface area contributed by atoms with Crippen molar-refractivity contribution in [3.05, 3.63) is 23.8 Å². The van der Waals surface area contributed by atoms with E-state index in [0.29, 0.717) is 0 Å². The Morgan fingerprint density at radius 1 is 1.56 bits per heavy atom. The fourth-order valence-electron chi connectivity index (χ4n) is 1.87. The van der Waals surface area contributed by atoms with Crippen LogP contribution in [0.5, 0.6) is 0 Å². The summed E-state index contributed by atoms with van der Waals surface area (Å²) in [6.45, 7) is 6.94. The molecule has 0 spiro atoms. The monoisotopic (exact) mass is 222 g/mol. The minimum absolute atomic E-state index is 0.0738. The summed E-state index contributed by atoms with van der Waals surface area (Å²) in [5, 5.41) is 5.87. The second-order valence-electron chi connectivity index (χ2n) is 4.65. The molecule has 1 aliphatic rings. The van der Waals surface area contributed by atoms with E-state index in [1.165, 1.54) is 5.57 Å². The van der Waals surface area contributed by atoms with E-state index < -0.39 is 0 Å². The molecule has 3 nitrogen and oxygen atoms in total. The third kappa shape index (κ3) is 4.09. The number of carbonyl (C=O) groups is 1. The summed E-state index contributed by atoms with van der Waals surface area (Å²) < 4.78 is 0. The van der Waals surface area contributed by atoms with Gasteiger partial charge in [0.05, 0.1) is 5.54 Å². The molecule has 0 aromatic heterocycles. The van der Waals surface area contributed by atoms with Crippen LogP contribution in [-0.4, -0.2) is 18.1 Å². The van der Waals surface area contributed by atoms with Gasteiger partial charge in [-0.15, -0.1) is 0 Å². The first-order chi connectivity index (χ1) is 7.56. The Kier molecular flexibility index (Phi) is 4.59. The van der Waals surface area contributed by atoms with E-state index in [0.717, 1.165) is 25.8 Å². The number of hydrogen-bond acceptors (Lipinski definition) is 1. The van der Waals surface area contributed by atoms with Crippen LogP contribution in [0.15, 0.2) is 23.8 Å². The number of urea groups is 1. The van der Waals surface area contributed by atoms with Crippen LogP contribution >= 0.6 is 0 Å². The normalized spacial score (nSPS) is 23.8. The van der Waals surface area contributed by atoms with Crippen LogP contribution in [0.3, 0.4) is 0 Å². The van der Waals surface area contributed by atoms with Crippen LogP contribution in [0.1, 0.15) is 40.0 Å². The summed E-state index contributed by atoms with van der Waals surface area (Å²) in [5.41, 5.74) is 0.956. The first-order valence-electron chi connectivity index (χ1n) is 5.98. The maximum atomic E-state index is 11.6. The van der Waals surface area contributed by atoms with Crippen LogP contribution in [0.4, 0.5) is 4.79 Å². The van der Waals surface area contributed by atoms with Crippen molar-refractivity contribution in [2.75, 3.05) is 6.54 Å². The summed E-state index contributed by atoms with van der Waals surface area (Å²) in [7, 11) is 0. The highest BCUT2D eigenvalue weighted by atomic mass is 16.2. The maximum Gasteiger partial charge on any atom is 0.315 e. The van der Waals surface area contributed by atoms with Crippen LogP contribution < -0.4 is 10.6 Å². The first kappa shape index (κ1) is 12.8. The number of unbranched alkanes of at least 4 members (excludes halogenated alkanes) is 1. The predicted octanol–water partition coefficient (Wildman–Crippen LogP) is 2.75. The lowest BCUT2D eigenvalue weighted by Crippen LogP contribution is -2.49.